The van der Waals surface area contributed by atoms with Crippen molar-refractivity contribution in [3.63, 3.8) is 0 Å². The Morgan fingerprint density at radius 1 is 1.41 bits per heavy atom. The summed E-state index contributed by atoms with van der Waals surface area (Å²) in [5.74, 6) is -1.19. The molecule has 1 aromatic rings. The van der Waals surface area contributed by atoms with Gasteiger partial charge in [-0.2, -0.15) is 0 Å². The predicted octanol–water partition coefficient (Wildman–Crippen LogP) is 4.26. The van der Waals surface area contributed by atoms with E-state index in [0.29, 0.717) is 0 Å². The molecule has 0 amide bonds. The summed E-state index contributed by atoms with van der Waals surface area (Å²) in [5, 5.41) is 0. The fourth-order valence-corrected chi connectivity index (χ4v) is 2.26. The van der Waals surface area contributed by atoms with Gasteiger partial charge in [0.25, 0.3) is 6.43 Å². The van der Waals surface area contributed by atoms with E-state index in [9.17, 15) is 22.0 Å². The highest BCUT2D eigenvalue weighted by atomic mass is 127. The normalized spacial score (nSPS) is 12.0. The standard InChI is InChI=1S/C8H4ClF5INO/c9-2-3-4(15)1-5(17-8(12,13)14)16-6(3)7(10)11/h1,7H,2H2. The molecule has 96 valence electrons. The van der Waals surface area contributed by atoms with Crippen LogP contribution in [0.15, 0.2) is 6.07 Å². The quantitative estimate of drug-likeness (QED) is 0.439. The smallest absolute Gasteiger partial charge is 0.388 e. The van der Waals surface area contributed by atoms with E-state index in [1.165, 1.54) is 0 Å². The van der Waals surface area contributed by atoms with Gasteiger partial charge in [0.1, 0.15) is 5.69 Å². The highest BCUT2D eigenvalue weighted by Gasteiger charge is 2.33. The highest BCUT2D eigenvalue weighted by Crippen LogP contribution is 2.31. The number of ether oxygens (including phenoxy) is 1. The molecule has 1 heterocycles. The fourth-order valence-electron chi connectivity index (χ4n) is 1.02. The van der Waals surface area contributed by atoms with Crippen molar-refractivity contribution in [1.82, 2.24) is 4.98 Å². The molecule has 1 aromatic heterocycles. The monoisotopic (exact) mass is 387 g/mol. The first-order valence-corrected chi connectivity index (χ1v) is 5.65. The van der Waals surface area contributed by atoms with E-state index in [-0.39, 0.29) is 15.0 Å². The molecule has 9 heteroatoms. The lowest BCUT2D eigenvalue weighted by molar-refractivity contribution is -0.276. The zero-order chi connectivity index (χ0) is 13.2. The summed E-state index contributed by atoms with van der Waals surface area (Å²) < 4.78 is 64.4. The number of hydrogen-bond donors (Lipinski definition) is 0. The van der Waals surface area contributed by atoms with Crippen LogP contribution in [0.25, 0.3) is 0 Å². The molecule has 0 unspecified atom stereocenters. The van der Waals surface area contributed by atoms with E-state index >= 15 is 0 Å². The van der Waals surface area contributed by atoms with Crippen LogP contribution in [0.4, 0.5) is 22.0 Å². The summed E-state index contributed by atoms with van der Waals surface area (Å²) in [7, 11) is 0. The molecule has 0 saturated heterocycles. The summed E-state index contributed by atoms with van der Waals surface area (Å²) in [6.07, 6.45) is -7.99. The second-order valence-electron chi connectivity index (χ2n) is 2.79. The summed E-state index contributed by atoms with van der Waals surface area (Å²) in [4.78, 5) is 3.11. The molecule has 0 saturated carbocycles. The lowest BCUT2D eigenvalue weighted by Gasteiger charge is -2.12. The maximum Gasteiger partial charge on any atom is 0.574 e. The third-order valence-corrected chi connectivity index (χ3v) is 2.87. The number of rotatable bonds is 3. The lowest BCUT2D eigenvalue weighted by atomic mass is 10.2. The molecule has 0 N–H and O–H groups in total. The maximum atomic E-state index is 12.5. The molecule has 0 aliphatic heterocycles. The second-order valence-corrected chi connectivity index (χ2v) is 4.22. The van der Waals surface area contributed by atoms with Crippen LogP contribution in [0.2, 0.25) is 0 Å². The Hall–Kier alpha value is -0.380. The highest BCUT2D eigenvalue weighted by molar-refractivity contribution is 14.1. The number of hydrogen-bond acceptors (Lipinski definition) is 2. The van der Waals surface area contributed by atoms with Crippen molar-refractivity contribution in [3.05, 3.63) is 20.9 Å². The van der Waals surface area contributed by atoms with Crippen LogP contribution in [-0.4, -0.2) is 11.3 Å². The minimum absolute atomic E-state index is 0.00297. The van der Waals surface area contributed by atoms with Crippen molar-refractivity contribution in [1.29, 1.82) is 0 Å². The van der Waals surface area contributed by atoms with Crippen LogP contribution < -0.4 is 4.74 Å². The van der Waals surface area contributed by atoms with E-state index in [2.05, 4.69) is 9.72 Å². The summed E-state index contributed by atoms with van der Waals surface area (Å²) in [6.45, 7) is 0. The first-order valence-electron chi connectivity index (χ1n) is 4.03. The fraction of sp³-hybridized carbons (Fsp3) is 0.375. The van der Waals surface area contributed by atoms with Gasteiger partial charge in [-0.3, -0.25) is 0 Å². The molecule has 0 bridgehead atoms. The van der Waals surface area contributed by atoms with Crippen molar-refractivity contribution >= 4 is 34.2 Å². The minimum atomic E-state index is -4.97. The van der Waals surface area contributed by atoms with Crippen LogP contribution >= 0.6 is 34.2 Å². The van der Waals surface area contributed by atoms with Gasteiger partial charge in [0.15, 0.2) is 0 Å². The molecule has 17 heavy (non-hydrogen) atoms. The Labute approximate surface area is 111 Å². The topological polar surface area (TPSA) is 22.1 Å². The van der Waals surface area contributed by atoms with Crippen molar-refractivity contribution in [2.45, 2.75) is 18.7 Å². The van der Waals surface area contributed by atoms with Crippen LogP contribution in [0.3, 0.4) is 0 Å². The van der Waals surface area contributed by atoms with Crippen LogP contribution in [0, 0.1) is 3.57 Å². The lowest BCUT2D eigenvalue weighted by Crippen LogP contribution is -2.19. The molecule has 2 nitrogen and oxygen atoms in total. The average molecular weight is 387 g/mol. The first kappa shape index (κ1) is 14.7. The summed E-state index contributed by atoms with van der Waals surface area (Å²) in [6, 6.07) is 0.900. The molecule has 0 aromatic carbocycles. The SMILES string of the molecule is FC(F)c1nc(OC(F)(F)F)cc(I)c1CCl. The Morgan fingerprint density at radius 2 is 2.00 bits per heavy atom. The van der Waals surface area contributed by atoms with E-state index in [1.807, 2.05) is 0 Å². The Morgan fingerprint density at radius 3 is 2.41 bits per heavy atom. The van der Waals surface area contributed by atoms with Crippen molar-refractivity contribution in [2.24, 2.45) is 0 Å². The summed E-state index contributed by atoms with van der Waals surface area (Å²) >= 11 is 7.02. The van der Waals surface area contributed by atoms with E-state index < -0.39 is 24.4 Å². The van der Waals surface area contributed by atoms with Gasteiger partial charge in [0, 0.05) is 15.2 Å². The zero-order valence-electron chi connectivity index (χ0n) is 7.86. The number of halogens is 7. The largest absolute Gasteiger partial charge is 0.574 e. The van der Waals surface area contributed by atoms with Gasteiger partial charge in [-0.05, 0) is 22.6 Å². The number of alkyl halides is 6. The van der Waals surface area contributed by atoms with Gasteiger partial charge in [-0.15, -0.1) is 24.8 Å². The van der Waals surface area contributed by atoms with Crippen molar-refractivity contribution < 1.29 is 26.7 Å². The predicted molar refractivity (Wildman–Crippen MR) is 58.2 cm³/mol. The molecule has 0 aliphatic rings. The van der Waals surface area contributed by atoms with E-state index in [0.717, 1.165) is 6.07 Å². The molecule has 0 fully saturated rings. The number of pyridine rings is 1. The Balaban J connectivity index is 3.20. The Kier molecular flexibility index (Phi) is 4.76. The average Bonchev–Trinajstić information content (AvgIpc) is 2.13. The second kappa shape index (κ2) is 5.51. The van der Waals surface area contributed by atoms with Gasteiger partial charge >= 0.3 is 6.36 Å². The first-order chi connectivity index (χ1) is 7.74. The molecular weight excluding hydrogens is 383 g/mol. The molecule has 0 radical (unpaired) electrons. The number of aromatic nitrogens is 1. The number of nitrogens with zero attached hydrogens (tertiary/aromatic N) is 1. The molecule has 0 atom stereocenters. The van der Waals surface area contributed by atoms with Crippen LogP contribution in [-0.2, 0) is 5.88 Å². The summed E-state index contributed by atoms with van der Waals surface area (Å²) in [5.41, 5.74) is -0.803. The Bertz CT molecular complexity index is 412. The van der Waals surface area contributed by atoms with Gasteiger partial charge < -0.3 is 4.74 Å². The van der Waals surface area contributed by atoms with E-state index in [4.69, 9.17) is 11.6 Å². The van der Waals surface area contributed by atoms with Gasteiger partial charge in [0.05, 0.1) is 5.88 Å². The molecule has 0 spiro atoms. The van der Waals surface area contributed by atoms with Crippen LogP contribution in [0.5, 0.6) is 5.88 Å². The third kappa shape index (κ3) is 4.09. The van der Waals surface area contributed by atoms with Gasteiger partial charge in [-0.25, -0.2) is 13.8 Å². The molecule has 1 rings (SSSR count). The van der Waals surface area contributed by atoms with Gasteiger partial charge in [-0.1, -0.05) is 0 Å². The third-order valence-electron chi connectivity index (χ3n) is 1.64. The van der Waals surface area contributed by atoms with Crippen molar-refractivity contribution in [2.75, 3.05) is 0 Å². The van der Waals surface area contributed by atoms with Crippen LogP contribution in [0.1, 0.15) is 17.7 Å². The zero-order valence-corrected chi connectivity index (χ0v) is 10.8. The van der Waals surface area contributed by atoms with Crippen molar-refractivity contribution in [3.8, 4) is 5.88 Å². The molecule has 0 aliphatic carbocycles. The molecular formula is C8H4ClF5INO. The van der Waals surface area contributed by atoms with Gasteiger partial charge in [0.2, 0.25) is 5.88 Å². The maximum absolute atomic E-state index is 12.5. The van der Waals surface area contributed by atoms with E-state index in [1.54, 1.807) is 22.6 Å². The minimum Gasteiger partial charge on any atom is -0.388 e.